The molecule has 0 saturated heterocycles. The first-order valence-corrected chi connectivity index (χ1v) is 8.34. The molecule has 2 aromatic rings. The molecule has 0 spiro atoms. The van der Waals surface area contributed by atoms with Crippen LogP contribution in [0.25, 0.3) is 0 Å². The third kappa shape index (κ3) is 5.53. The zero-order chi connectivity index (χ0) is 15.6. The van der Waals surface area contributed by atoms with Crippen molar-refractivity contribution in [2.75, 3.05) is 5.32 Å². The number of aliphatic hydroxyl groups excluding tert-OH is 1. The van der Waals surface area contributed by atoms with Gasteiger partial charge >= 0.3 is 0 Å². The Labute approximate surface area is 134 Å². The van der Waals surface area contributed by atoms with Gasteiger partial charge < -0.3 is 10.4 Å². The van der Waals surface area contributed by atoms with E-state index in [1.54, 1.807) is 0 Å². The molecule has 2 N–H and O–H groups in total. The van der Waals surface area contributed by atoms with Crippen molar-refractivity contribution < 1.29 is 5.11 Å². The van der Waals surface area contributed by atoms with Crippen LogP contribution in [-0.2, 0) is 0 Å². The summed E-state index contributed by atoms with van der Waals surface area (Å²) in [5.74, 6) is 0. The third-order valence-corrected chi connectivity index (χ3v) is 3.97. The van der Waals surface area contributed by atoms with E-state index in [1.807, 2.05) is 24.3 Å². The topological polar surface area (TPSA) is 32.3 Å². The average Bonchev–Trinajstić information content (AvgIpc) is 2.56. The molecule has 0 saturated carbocycles. The summed E-state index contributed by atoms with van der Waals surface area (Å²) in [5, 5.41) is 13.9. The van der Waals surface area contributed by atoms with E-state index >= 15 is 0 Å². The summed E-state index contributed by atoms with van der Waals surface area (Å²) >= 11 is 0. The minimum absolute atomic E-state index is 0.139. The van der Waals surface area contributed by atoms with Gasteiger partial charge in [-0.1, -0.05) is 74.7 Å². The normalized spacial score (nSPS) is 13.5. The Balaban J connectivity index is 2.02. The minimum Gasteiger partial charge on any atom is -0.393 e. The highest BCUT2D eigenvalue weighted by Gasteiger charge is 2.16. The van der Waals surface area contributed by atoms with Gasteiger partial charge in [-0.15, -0.1) is 0 Å². The predicted molar refractivity (Wildman–Crippen MR) is 94.0 cm³/mol. The van der Waals surface area contributed by atoms with Gasteiger partial charge in [0.2, 0.25) is 0 Å². The van der Waals surface area contributed by atoms with Crippen molar-refractivity contribution in [2.45, 2.75) is 51.2 Å². The van der Waals surface area contributed by atoms with E-state index < -0.39 is 0 Å². The lowest BCUT2D eigenvalue weighted by atomic mass is 9.97. The van der Waals surface area contributed by atoms with Crippen molar-refractivity contribution in [3.05, 3.63) is 66.2 Å². The monoisotopic (exact) mass is 297 g/mol. The van der Waals surface area contributed by atoms with Crippen molar-refractivity contribution in [3.63, 3.8) is 0 Å². The first-order chi connectivity index (χ1) is 10.8. The van der Waals surface area contributed by atoms with Crippen molar-refractivity contribution >= 4 is 5.69 Å². The number of rotatable bonds is 9. The maximum absolute atomic E-state index is 10.3. The van der Waals surface area contributed by atoms with E-state index in [0.717, 1.165) is 24.9 Å². The molecule has 0 bridgehead atoms. The smallest absolute Gasteiger partial charge is 0.0563 e. The van der Waals surface area contributed by atoms with Gasteiger partial charge in [-0.05, 0) is 30.5 Å². The van der Waals surface area contributed by atoms with E-state index in [9.17, 15) is 5.11 Å². The van der Waals surface area contributed by atoms with E-state index in [2.05, 4.69) is 48.6 Å². The van der Waals surface area contributed by atoms with E-state index in [1.165, 1.54) is 18.4 Å². The highest BCUT2D eigenvalue weighted by molar-refractivity contribution is 5.45. The minimum atomic E-state index is -0.257. The lowest BCUT2D eigenvalue weighted by Crippen LogP contribution is -2.18. The van der Waals surface area contributed by atoms with Crippen molar-refractivity contribution in [3.8, 4) is 0 Å². The molecular formula is C20H27NO. The fourth-order valence-corrected chi connectivity index (χ4v) is 2.72. The summed E-state index contributed by atoms with van der Waals surface area (Å²) < 4.78 is 0. The highest BCUT2D eigenvalue weighted by atomic mass is 16.3. The molecule has 0 unspecified atom stereocenters. The second-order valence-electron chi connectivity index (χ2n) is 5.86. The highest BCUT2D eigenvalue weighted by Crippen LogP contribution is 2.25. The fraction of sp³-hybridized carbons (Fsp3) is 0.400. The Morgan fingerprint density at radius 1 is 0.909 bits per heavy atom. The van der Waals surface area contributed by atoms with Crippen LogP contribution in [0.4, 0.5) is 5.69 Å². The molecule has 0 aromatic heterocycles. The molecule has 0 fully saturated rings. The Bertz CT molecular complexity index is 512. The van der Waals surface area contributed by atoms with Crippen molar-refractivity contribution in [1.29, 1.82) is 0 Å². The number of benzene rings is 2. The molecule has 2 aromatic carbocycles. The number of hydrogen-bond donors (Lipinski definition) is 2. The summed E-state index contributed by atoms with van der Waals surface area (Å²) in [6.45, 7) is 2.19. The standard InChI is InChI=1S/C20H27NO/c1-2-3-6-15-19(22)16-20(17-11-7-4-8-12-17)21-18-13-9-5-10-14-18/h4-5,7-14,19-22H,2-3,6,15-16H2,1H3/t19-,20+/m1/s1. The van der Waals surface area contributed by atoms with E-state index in [-0.39, 0.29) is 12.1 Å². The van der Waals surface area contributed by atoms with Crippen LogP contribution in [0.15, 0.2) is 60.7 Å². The SMILES string of the molecule is CCCCC[C@@H](O)C[C@H](Nc1ccccc1)c1ccccc1. The Morgan fingerprint density at radius 3 is 2.18 bits per heavy atom. The second-order valence-corrected chi connectivity index (χ2v) is 5.86. The maximum atomic E-state index is 10.3. The van der Waals surface area contributed by atoms with Crippen LogP contribution in [0.2, 0.25) is 0 Å². The van der Waals surface area contributed by atoms with Gasteiger partial charge in [0.25, 0.3) is 0 Å². The summed E-state index contributed by atoms with van der Waals surface area (Å²) in [5.41, 5.74) is 2.32. The quantitative estimate of drug-likeness (QED) is 0.626. The predicted octanol–water partition coefficient (Wildman–Crippen LogP) is 5.17. The number of anilines is 1. The van der Waals surface area contributed by atoms with Crippen LogP contribution < -0.4 is 5.32 Å². The molecule has 0 heterocycles. The number of para-hydroxylation sites is 1. The van der Waals surface area contributed by atoms with Gasteiger partial charge in [0.1, 0.15) is 0 Å². The molecule has 0 aliphatic rings. The van der Waals surface area contributed by atoms with E-state index in [4.69, 9.17) is 0 Å². The summed E-state index contributed by atoms with van der Waals surface area (Å²) in [7, 11) is 0. The number of unbranched alkanes of at least 4 members (excludes halogenated alkanes) is 2. The largest absolute Gasteiger partial charge is 0.393 e. The summed E-state index contributed by atoms with van der Waals surface area (Å²) in [6, 6.07) is 20.7. The van der Waals surface area contributed by atoms with Crippen molar-refractivity contribution in [1.82, 2.24) is 0 Å². The zero-order valence-electron chi connectivity index (χ0n) is 13.4. The van der Waals surface area contributed by atoms with Crippen LogP contribution in [0, 0.1) is 0 Å². The second kappa shape index (κ2) is 9.26. The maximum Gasteiger partial charge on any atom is 0.0563 e. The van der Waals surface area contributed by atoms with Gasteiger partial charge in [0, 0.05) is 5.69 Å². The van der Waals surface area contributed by atoms with Gasteiger partial charge in [0.15, 0.2) is 0 Å². The molecule has 0 radical (unpaired) electrons. The van der Waals surface area contributed by atoms with Crippen LogP contribution in [0.3, 0.4) is 0 Å². The lowest BCUT2D eigenvalue weighted by Gasteiger charge is -2.23. The lowest BCUT2D eigenvalue weighted by molar-refractivity contribution is 0.145. The molecule has 0 aliphatic carbocycles. The molecule has 2 nitrogen and oxygen atoms in total. The molecule has 22 heavy (non-hydrogen) atoms. The Kier molecular flexibility index (Phi) is 6.98. The van der Waals surface area contributed by atoms with Gasteiger partial charge in [-0.25, -0.2) is 0 Å². The van der Waals surface area contributed by atoms with Crippen molar-refractivity contribution in [2.24, 2.45) is 0 Å². The Hall–Kier alpha value is -1.80. The first-order valence-electron chi connectivity index (χ1n) is 8.34. The Morgan fingerprint density at radius 2 is 1.55 bits per heavy atom. The number of nitrogens with one attached hydrogen (secondary N) is 1. The van der Waals surface area contributed by atoms with Crippen LogP contribution in [-0.4, -0.2) is 11.2 Å². The van der Waals surface area contributed by atoms with Crippen LogP contribution >= 0.6 is 0 Å². The molecular weight excluding hydrogens is 270 g/mol. The summed E-state index contributed by atoms with van der Waals surface area (Å²) in [6.07, 6.45) is 4.85. The first kappa shape index (κ1) is 16.6. The molecule has 2 rings (SSSR count). The number of aliphatic hydroxyl groups is 1. The fourth-order valence-electron chi connectivity index (χ4n) is 2.72. The molecule has 0 aliphatic heterocycles. The average molecular weight is 297 g/mol. The molecule has 118 valence electrons. The van der Waals surface area contributed by atoms with Gasteiger partial charge in [-0.3, -0.25) is 0 Å². The van der Waals surface area contributed by atoms with E-state index in [0.29, 0.717) is 0 Å². The number of hydrogen-bond acceptors (Lipinski definition) is 2. The van der Waals surface area contributed by atoms with Crippen LogP contribution in [0.5, 0.6) is 0 Å². The van der Waals surface area contributed by atoms with Crippen LogP contribution in [0.1, 0.15) is 50.6 Å². The van der Waals surface area contributed by atoms with Gasteiger partial charge in [0.05, 0.1) is 12.1 Å². The zero-order valence-corrected chi connectivity index (χ0v) is 13.4. The third-order valence-electron chi connectivity index (χ3n) is 3.97. The molecule has 2 heteroatoms. The molecule has 2 atom stereocenters. The van der Waals surface area contributed by atoms with Gasteiger partial charge in [-0.2, -0.15) is 0 Å². The summed E-state index contributed by atoms with van der Waals surface area (Å²) in [4.78, 5) is 0. The molecule has 0 amide bonds.